The van der Waals surface area contributed by atoms with Crippen molar-refractivity contribution in [3.8, 4) is 0 Å². The van der Waals surface area contributed by atoms with Crippen LogP contribution in [0.1, 0.15) is 6.92 Å². The number of hydrogen-bond acceptors (Lipinski definition) is 2. The smallest absolute Gasteiger partial charge is 0.0468 e. The zero-order chi connectivity index (χ0) is 4.99. The maximum atomic E-state index is 8.25. The minimum Gasteiger partial charge on any atom is -0.396 e. The second kappa shape index (κ2) is 3.12. The Balaban J connectivity index is 2.75. The van der Waals surface area contributed by atoms with Crippen molar-refractivity contribution in [2.45, 2.75) is 6.92 Å². The fraction of sp³-hybridized carbons (Fsp3) is 1.00. The quantitative estimate of drug-likeness (QED) is 0.482. The molecule has 0 heterocycles. The molecule has 0 saturated heterocycles. The molecule has 0 radical (unpaired) electrons. The van der Waals surface area contributed by atoms with E-state index >= 15 is 0 Å². The Hall–Kier alpha value is -0.0800. The highest BCUT2D eigenvalue weighted by Crippen LogP contribution is 1.83. The van der Waals surface area contributed by atoms with Crippen LogP contribution in [-0.4, -0.2) is 18.3 Å². The van der Waals surface area contributed by atoms with Crippen molar-refractivity contribution in [3.63, 3.8) is 0 Å². The molecule has 3 N–H and O–H groups in total. The highest BCUT2D eigenvalue weighted by Gasteiger charge is 1.90. The Kier molecular flexibility index (Phi) is 3.08. The topological polar surface area (TPSA) is 46.2 Å². The monoisotopic (exact) mass is 89.1 g/mol. The Morgan fingerprint density at radius 3 is 2.33 bits per heavy atom. The molecule has 0 fully saturated rings. The van der Waals surface area contributed by atoms with E-state index in [1.807, 2.05) is 6.92 Å². The van der Waals surface area contributed by atoms with Gasteiger partial charge < -0.3 is 10.8 Å². The van der Waals surface area contributed by atoms with Gasteiger partial charge in [-0.1, -0.05) is 6.92 Å². The first-order valence-electron chi connectivity index (χ1n) is 2.12. The van der Waals surface area contributed by atoms with Gasteiger partial charge in [0.2, 0.25) is 0 Å². The summed E-state index contributed by atoms with van der Waals surface area (Å²) in [7, 11) is 0. The third-order valence-electron chi connectivity index (χ3n) is 0.714. The zero-order valence-corrected chi connectivity index (χ0v) is 4.02. The van der Waals surface area contributed by atoms with Crippen LogP contribution in [0.15, 0.2) is 0 Å². The zero-order valence-electron chi connectivity index (χ0n) is 4.02. The Morgan fingerprint density at radius 2 is 2.33 bits per heavy atom. The van der Waals surface area contributed by atoms with Crippen molar-refractivity contribution in [3.05, 3.63) is 0 Å². The summed E-state index contributed by atoms with van der Waals surface area (Å²) >= 11 is 0. The molecular formula is C4H11NO. The summed E-state index contributed by atoms with van der Waals surface area (Å²) in [5.74, 6) is 0.269. The first kappa shape index (κ1) is 5.92. The van der Waals surface area contributed by atoms with Gasteiger partial charge in [0.1, 0.15) is 0 Å². The average Bonchev–Trinajstić information content (AvgIpc) is 1.65. The van der Waals surface area contributed by atoms with Crippen LogP contribution in [0.2, 0.25) is 0 Å². The highest BCUT2D eigenvalue weighted by atomic mass is 16.3. The number of hydrogen-bond donors (Lipinski definition) is 2. The maximum absolute atomic E-state index is 8.25. The van der Waals surface area contributed by atoms with Gasteiger partial charge in [-0.15, -0.1) is 0 Å². The van der Waals surface area contributed by atoms with Crippen LogP contribution >= 0.6 is 0 Å². The van der Waals surface area contributed by atoms with Gasteiger partial charge in [0.15, 0.2) is 0 Å². The standard InChI is InChI=1S/C4H11NO/c1-4(2-5)3-6/h4,6H,2-3,5H2,1H3/t4-/m0/s1. The molecule has 0 aromatic carbocycles. The molecule has 6 heavy (non-hydrogen) atoms. The first-order chi connectivity index (χ1) is 2.81. The van der Waals surface area contributed by atoms with E-state index in [0.717, 1.165) is 0 Å². The molecule has 0 saturated carbocycles. The van der Waals surface area contributed by atoms with E-state index in [1.165, 1.54) is 0 Å². The third kappa shape index (κ3) is 2.18. The molecule has 0 aromatic rings. The predicted molar refractivity (Wildman–Crippen MR) is 25.3 cm³/mol. The van der Waals surface area contributed by atoms with Crippen LogP contribution < -0.4 is 5.73 Å². The van der Waals surface area contributed by atoms with Crippen LogP contribution in [0.5, 0.6) is 0 Å². The van der Waals surface area contributed by atoms with E-state index in [1.54, 1.807) is 0 Å². The molecule has 0 rings (SSSR count). The van der Waals surface area contributed by atoms with Crippen molar-refractivity contribution < 1.29 is 5.11 Å². The second-order valence-corrected chi connectivity index (χ2v) is 1.52. The molecule has 1 atom stereocenters. The lowest BCUT2D eigenvalue weighted by Gasteiger charge is -1.98. The lowest BCUT2D eigenvalue weighted by molar-refractivity contribution is 0.241. The molecular weight excluding hydrogens is 78.0 g/mol. The molecule has 2 heteroatoms. The lowest BCUT2D eigenvalue weighted by Crippen LogP contribution is -2.13. The van der Waals surface area contributed by atoms with Crippen molar-refractivity contribution >= 4 is 0 Å². The van der Waals surface area contributed by atoms with Crippen molar-refractivity contribution in [1.82, 2.24) is 0 Å². The predicted octanol–water partition coefficient (Wildman–Crippen LogP) is -0.426. The van der Waals surface area contributed by atoms with Crippen molar-refractivity contribution in [2.24, 2.45) is 11.7 Å². The van der Waals surface area contributed by atoms with E-state index in [2.05, 4.69) is 0 Å². The van der Waals surface area contributed by atoms with E-state index in [0.29, 0.717) is 6.54 Å². The van der Waals surface area contributed by atoms with Crippen molar-refractivity contribution in [2.75, 3.05) is 13.2 Å². The first-order valence-corrected chi connectivity index (χ1v) is 2.12. The van der Waals surface area contributed by atoms with Gasteiger partial charge in [-0.25, -0.2) is 0 Å². The van der Waals surface area contributed by atoms with Crippen LogP contribution in [0.25, 0.3) is 0 Å². The number of nitrogens with two attached hydrogens (primary N) is 1. The second-order valence-electron chi connectivity index (χ2n) is 1.52. The fourth-order valence-electron chi connectivity index (χ4n) is 0.0745. The summed E-state index contributed by atoms with van der Waals surface area (Å²) in [6, 6.07) is 0. The van der Waals surface area contributed by atoms with Gasteiger partial charge in [0.05, 0.1) is 0 Å². The molecule has 2 nitrogen and oxygen atoms in total. The SMILES string of the molecule is C[C@@H](CN)CO. The summed E-state index contributed by atoms with van der Waals surface area (Å²) < 4.78 is 0. The van der Waals surface area contributed by atoms with Gasteiger partial charge >= 0.3 is 0 Å². The molecule has 0 unspecified atom stereocenters. The normalized spacial score (nSPS) is 14.5. The minimum absolute atomic E-state index is 0.205. The van der Waals surface area contributed by atoms with Crippen LogP contribution in [0.4, 0.5) is 0 Å². The van der Waals surface area contributed by atoms with Crippen molar-refractivity contribution in [1.29, 1.82) is 0 Å². The fourth-order valence-corrected chi connectivity index (χ4v) is 0.0745. The maximum Gasteiger partial charge on any atom is 0.0468 e. The van der Waals surface area contributed by atoms with E-state index in [-0.39, 0.29) is 12.5 Å². The van der Waals surface area contributed by atoms with E-state index in [4.69, 9.17) is 10.8 Å². The third-order valence-corrected chi connectivity index (χ3v) is 0.714. The van der Waals surface area contributed by atoms with Gasteiger partial charge in [-0.3, -0.25) is 0 Å². The molecule has 0 aliphatic carbocycles. The van der Waals surface area contributed by atoms with E-state index < -0.39 is 0 Å². The van der Waals surface area contributed by atoms with Gasteiger partial charge in [0.25, 0.3) is 0 Å². The summed E-state index contributed by atoms with van der Waals surface area (Å²) in [5, 5.41) is 8.25. The molecule has 0 aliphatic rings. The Morgan fingerprint density at radius 1 is 1.83 bits per heavy atom. The van der Waals surface area contributed by atoms with Crippen LogP contribution in [-0.2, 0) is 0 Å². The molecule has 0 aromatic heterocycles. The van der Waals surface area contributed by atoms with Gasteiger partial charge in [-0.2, -0.15) is 0 Å². The summed E-state index contributed by atoms with van der Waals surface area (Å²) in [4.78, 5) is 0. The van der Waals surface area contributed by atoms with Crippen LogP contribution in [0.3, 0.4) is 0 Å². The molecule has 0 aliphatic heterocycles. The summed E-state index contributed by atoms with van der Waals surface area (Å²) in [5.41, 5.74) is 5.12. The number of aliphatic hydroxyl groups is 1. The minimum atomic E-state index is 0.205. The summed E-state index contributed by atoms with van der Waals surface area (Å²) in [6.45, 7) is 2.69. The Labute approximate surface area is 38.0 Å². The molecule has 0 bridgehead atoms. The van der Waals surface area contributed by atoms with Gasteiger partial charge in [0, 0.05) is 6.61 Å². The lowest BCUT2D eigenvalue weighted by atomic mass is 10.2. The number of aliphatic hydroxyl groups excluding tert-OH is 1. The highest BCUT2D eigenvalue weighted by molar-refractivity contribution is 4.45. The van der Waals surface area contributed by atoms with E-state index in [9.17, 15) is 0 Å². The number of rotatable bonds is 2. The molecule has 0 amide bonds. The average molecular weight is 89.1 g/mol. The Bertz CT molecular complexity index is 26.7. The molecule has 38 valence electrons. The van der Waals surface area contributed by atoms with Gasteiger partial charge in [-0.05, 0) is 12.5 Å². The summed E-state index contributed by atoms with van der Waals surface area (Å²) in [6.07, 6.45) is 0. The van der Waals surface area contributed by atoms with Crippen LogP contribution in [0, 0.1) is 5.92 Å². The molecule has 0 spiro atoms. The largest absolute Gasteiger partial charge is 0.396 e.